The highest BCUT2D eigenvalue weighted by Gasteiger charge is 2.59. The summed E-state index contributed by atoms with van der Waals surface area (Å²) in [6, 6.07) is 20.6. The van der Waals surface area contributed by atoms with Crippen LogP contribution in [0.3, 0.4) is 0 Å². The molecule has 1 N–H and O–H groups in total. The normalized spacial score (nSPS) is 20.9. The Morgan fingerprint density at radius 3 is 2.42 bits per heavy atom. The first-order chi connectivity index (χ1) is 29.8. The topological polar surface area (TPSA) is 156 Å². The Labute approximate surface area is 356 Å². The SMILES string of the molecule is Cc1cc(C)cc(-n2nc3c(c2-n2ccn(-c4ccc5c(cnn5C)c4)c2=O)CN(C(=O)c2cc4cc([C@H]5CCOC(C)(C)C5)ccc4n2[C@@]2(c4noc(=O)[nH]4)C[C@@H]2C)CC3)c1. The average molecular weight is 833 g/mol. The molecule has 0 radical (unpaired) electrons. The lowest BCUT2D eigenvalue weighted by Crippen LogP contribution is -2.39. The van der Waals surface area contributed by atoms with Crippen molar-refractivity contribution in [1.82, 2.24) is 48.3 Å². The molecule has 7 heterocycles. The van der Waals surface area contributed by atoms with Crippen LogP contribution in [-0.4, -0.2) is 73.0 Å². The molecule has 15 nitrogen and oxygen atoms in total. The van der Waals surface area contributed by atoms with Gasteiger partial charge in [-0.2, -0.15) is 10.2 Å². The minimum atomic E-state index is -0.782. The molecule has 1 aliphatic carbocycles. The molecule has 0 bridgehead atoms. The van der Waals surface area contributed by atoms with Crippen LogP contribution in [0.15, 0.2) is 93.4 Å². The van der Waals surface area contributed by atoms with Crippen molar-refractivity contribution in [3.8, 4) is 17.2 Å². The lowest BCUT2D eigenvalue weighted by Gasteiger charge is -2.35. The van der Waals surface area contributed by atoms with E-state index in [2.05, 4.69) is 77.0 Å². The number of aromatic amines is 1. The molecule has 3 atom stereocenters. The Kier molecular flexibility index (Phi) is 8.40. The number of hydrogen-bond acceptors (Lipinski definition) is 8. The minimum Gasteiger partial charge on any atom is -0.376 e. The number of nitrogens with zero attached hydrogens (tertiary/aromatic N) is 9. The quantitative estimate of drug-likeness (QED) is 0.188. The van der Waals surface area contributed by atoms with Crippen molar-refractivity contribution in [3.63, 3.8) is 0 Å². The Balaban J connectivity index is 1.03. The van der Waals surface area contributed by atoms with Crippen LogP contribution in [0.2, 0.25) is 0 Å². The van der Waals surface area contributed by atoms with Crippen LogP contribution in [0, 0.1) is 19.8 Å². The molecule has 1 amide bonds. The smallest absolute Gasteiger partial charge is 0.376 e. The summed E-state index contributed by atoms with van der Waals surface area (Å²) >= 11 is 0. The van der Waals surface area contributed by atoms with E-state index in [0.29, 0.717) is 54.9 Å². The van der Waals surface area contributed by atoms with Crippen molar-refractivity contribution in [2.24, 2.45) is 13.0 Å². The minimum absolute atomic E-state index is 0.0618. The highest BCUT2D eigenvalue weighted by molar-refractivity contribution is 5.99. The van der Waals surface area contributed by atoms with Gasteiger partial charge in [0.1, 0.15) is 17.1 Å². The summed E-state index contributed by atoms with van der Waals surface area (Å²) in [6.07, 6.45) is 8.31. The Bertz CT molecular complexity index is 3220. The van der Waals surface area contributed by atoms with E-state index in [0.717, 1.165) is 62.7 Å². The number of hydrogen-bond donors (Lipinski definition) is 1. The molecule has 3 aromatic carbocycles. The number of carbonyl (C=O) groups excluding carboxylic acids is 1. The highest BCUT2D eigenvalue weighted by atomic mass is 16.5. The first-order valence-electron chi connectivity index (χ1n) is 21.4. The zero-order valence-electron chi connectivity index (χ0n) is 35.7. The zero-order chi connectivity index (χ0) is 42.8. The lowest BCUT2D eigenvalue weighted by atomic mass is 9.83. The van der Waals surface area contributed by atoms with Gasteiger partial charge in [0, 0.05) is 60.9 Å². The van der Waals surface area contributed by atoms with E-state index in [9.17, 15) is 9.59 Å². The monoisotopic (exact) mass is 832 g/mol. The van der Waals surface area contributed by atoms with Crippen LogP contribution >= 0.6 is 0 Å². The molecule has 1 saturated carbocycles. The number of imidazole rings is 1. The number of ether oxygens (including phenoxy) is 1. The number of benzene rings is 3. The van der Waals surface area contributed by atoms with E-state index in [1.807, 2.05) is 54.7 Å². The number of aromatic nitrogens is 9. The van der Waals surface area contributed by atoms with Gasteiger partial charge in [-0.15, -0.1) is 0 Å². The van der Waals surface area contributed by atoms with Crippen molar-refractivity contribution < 1.29 is 14.1 Å². The summed E-state index contributed by atoms with van der Waals surface area (Å²) in [5.41, 5.74) is 7.60. The lowest BCUT2D eigenvalue weighted by molar-refractivity contribution is -0.0592. The molecular weight excluding hydrogens is 785 g/mol. The molecule has 0 unspecified atom stereocenters. The fourth-order valence-electron chi connectivity index (χ4n) is 10.4. The van der Waals surface area contributed by atoms with Crippen LogP contribution in [0.4, 0.5) is 0 Å². The molecule has 8 aromatic rings. The molecule has 11 rings (SSSR count). The number of amides is 1. The second-order valence-electron chi connectivity index (χ2n) is 18.3. The van der Waals surface area contributed by atoms with Crippen LogP contribution in [0.25, 0.3) is 39.0 Å². The zero-order valence-corrected chi connectivity index (χ0v) is 35.7. The first-order valence-corrected chi connectivity index (χ1v) is 21.4. The summed E-state index contributed by atoms with van der Waals surface area (Å²) < 4.78 is 20.1. The molecule has 316 valence electrons. The van der Waals surface area contributed by atoms with Gasteiger partial charge in [-0.3, -0.25) is 28.1 Å². The molecule has 1 saturated heterocycles. The van der Waals surface area contributed by atoms with Crippen molar-refractivity contribution in [1.29, 1.82) is 0 Å². The third-order valence-electron chi connectivity index (χ3n) is 13.5. The molecule has 2 aliphatic heterocycles. The third kappa shape index (κ3) is 5.96. The average Bonchev–Trinajstić information content (AvgIpc) is 3.86. The summed E-state index contributed by atoms with van der Waals surface area (Å²) in [6.45, 7) is 11.8. The van der Waals surface area contributed by atoms with E-state index in [1.165, 1.54) is 5.56 Å². The van der Waals surface area contributed by atoms with Gasteiger partial charge in [-0.05, 0) is 124 Å². The van der Waals surface area contributed by atoms with E-state index in [1.54, 1.807) is 32.4 Å². The number of nitrogens with one attached hydrogen (secondary N) is 1. The molecule has 62 heavy (non-hydrogen) atoms. The highest BCUT2D eigenvalue weighted by Crippen LogP contribution is 2.56. The fraction of sp³-hybridized carbons (Fsp3) is 0.362. The van der Waals surface area contributed by atoms with Gasteiger partial charge in [0.05, 0.1) is 40.9 Å². The number of carbonyl (C=O) groups is 1. The van der Waals surface area contributed by atoms with Crippen LogP contribution in [0.1, 0.15) is 90.2 Å². The maximum absolute atomic E-state index is 15.3. The molecule has 2 fully saturated rings. The van der Waals surface area contributed by atoms with Crippen molar-refractivity contribution in [3.05, 3.63) is 140 Å². The molecule has 5 aromatic heterocycles. The predicted molar refractivity (Wildman–Crippen MR) is 233 cm³/mol. The van der Waals surface area contributed by atoms with Crippen molar-refractivity contribution in [2.75, 3.05) is 13.2 Å². The number of aryl methyl sites for hydroxylation is 3. The number of rotatable bonds is 7. The number of fused-ring (bicyclic) bond motifs is 3. The fourth-order valence-corrected chi connectivity index (χ4v) is 10.4. The van der Waals surface area contributed by atoms with Gasteiger partial charge in [0.25, 0.3) is 5.91 Å². The Morgan fingerprint density at radius 2 is 1.68 bits per heavy atom. The second-order valence-corrected chi connectivity index (χ2v) is 18.3. The van der Waals surface area contributed by atoms with Gasteiger partial charge in [-0.1, -0.05) is 24.2 Å². The summed E-state index contributed by atoms with van der Waals surface area (Å²) in [7, 11) is 1.89. The Morgan fingerprint density at radius 1 is 0.903 bits per heavy atom. The first kappa shape index (κ1) is 38.2. The van der Waals surface area contributed by atoms with E-state index in [-0.39, 0.29) is 29.7 Å². The Hall–Kier alpha value is -6.74. The van der Waals surface area contributed by atoms with Gasteiger partial charge < -0.3 is 14.2 Å². The van der Waals surface area contributed by atoms with Crippen molar-refractivity contribution >= 4 is 27.7 Å². The van der Waals surface area contributed by atoms with Gasteiger partial charge in [0.15, 0.2) is 5.82 Å². The van der Waals surface area contributed by atoms with Gasteiger partial charge >= 0.3 is 11.4 Å². The molecule has 0 spiro atoms. The largest absolute Gasteiger partial charge is 0.438 e. The molecular formula is C47H48N10O5. The maximum atomic E-state index is 15.3. The van der Waals surface area contributed by atoms with E-state index >= 15 is 4.79 Å². The van der Waals surface area contributed by atoms with Crippen LogP contribution in [-0.2, 0) is 30.3 Å². The van der Waals surface area contributed by atoms with Crippen molar-refractivity contribution in [2.45, 2.75) is 83.9 Å². The third-order valence-corrected chi connectivity index (χ3v) is 13.5. The summed E-state index contributed by atoms with van der Waals surface area (Å²) in [5.74, 6) is 0.574. The van der Waals surface area contributed by atoms with Crippen LogP contribution in [0.5, 0.6) is 0 Å². The predicted octanol–water partition coefficient (Wildman–Crippen LogP) is 6.60. The van der Waals surface area contributed by atoms with Gasteiger partial charge in [0.2, 0.25) is 0 Å². The summed E-state index contributed by atoms with van der Waals surface area (Å²) in [4.78, 5) is 47.0. The number of H-pyrrole nitrogens is 1. The second kappa shape index (κ2) is 13.6. The molecule has 3 aliphatic rings. The molecule has 15 heteroatoms. The maximum Gasteiger partial charge on any atom is 0.438 e. The standard InChI is InChI=1S/C47H48N10O5/c1-27-17-28(2)19-35(18-27)57-41(55-15-14-54(45(55)60)34-8-10-38-33(21-34)25-48-52(38)6)36-26-53(13-11-37(36)50-57)42(58)40-22-32-20-30(31-12-16-61-46(4,5)24-31)7-9-39(32)56(40)47(23-29(47)3)43-49-44(59)62-51-43/h7-10,14-15,17-22,25,29,31H,11-13,16,23-24,26H2,1-6H3,(H,49,51,59)/t29-,31-,47-/m0/s1. The van der Waals surface area contributed by atoms with Gasteiger partial charge in [-0.25, -0.2) is 14.3 Å². The van der Waals surface area contributed by atoms with Crippen LogP contribution < -0.4 is 11.4 Å². The summed E-state index contributed by atoms with van der Waals surface area (Å²) in [5, 5.41) is 15.6. The van der Waals surface area contributed by atoms with E-state index < -0.39 is 11.3 Å². The van der Waals surface area contributed by atoms with E-state index in [4.69, 9.17) is 14.4 Å².